The Morgan fingerprint density at radius 2 is 2.18 bits per heavy atom. The van der Waals surface area contributed by atoms with Gasteiger partial charge in [0.2, 0.25) is 0 Å². The van der Waals surface area contributed by atoms with Crippen molar-refractivity contribution in [3.63, 3.8) is 0 Å². The molecule has 2 rings (SSSR count). The highest BCUT2D eigenvalue weighted by Crippen LogP contribution is 2.40. The van der Waals surface area contributed by atoms with Crippen LogP contribution in [0.5, 0.6) is 0 Å². The van der Waals surface area contributed by atoms with Gasteiger partial charge in [0.1, 0.15) is 17.3 Å². The van der Waals surface area contributed by atoms with Gasteiger partial charge in [0, 0.05) is 6.20 Å². The van der Waals surface area contributed by atoms with E-state index in [-0.39, 0.29) is 12.4 Å². The molecule has 1 aliphatic rings. The minimum atomic E-state index is -1.12. The molecule has 8 heteroatoms. The Kier molecular flexibility index (Phi) is 3.38. The smallest absolute Gasteiger partial charge is 0.350 e. The number of aliphatic hydroxyl groups is 3. The fraction of sp³-hybridized carbons (Fsp3) is 0.556. The molecule has 17 heavy (non-hydrogen) atoms. The van der Waals surface area contributed by atoms with Gasteiger partial charge in [0.15, 0.2) is 0 Å². The number of aliphatic hydroxyl groups excluding tert-OH is 3. The Bertz CT molecular complexity index is 466. The molecule has 0 bridgehead atoms. The minimum Gasteiger partial charge on any atom is -0.395 e. The molecule has 1 aromatic heterocycles. The first-order valence-corrected chi connectivity index (χ1v) is 5.96. The molecule has 1 fully saturated rings. The summed E-state index contributed by atoms with van der Waals surface area (Å²) in [5.41, 5.74) is 4.77. The van der Waals surface area contributed by atoms with Gasteiger partial charge in [-0.15, -0.1) is 11.8 Å². The molecule has 2 heterocycles. The number of hydrogen-bond acceptors (Lipinski definition) is 7. The summed E-state index contributed by atoms with van der Waals surface area (Å²) >= 11 is 1.13. The maximum absolute atomic E-state index is 11.6. The summed E-state index contributed by atoms with van der Waals surface area (Å²) in [6.45, 7) is -0.267. The van der Waals surface area contributed by atoms with E-state index in [9.17, 15) is 15.0 Å². The molecule has 4 unspecified atom stereocenters. The fourth-order valence-electron chi connectivity index (χ4n) is 1.73. The van der Waals surface area contributed by atoms with Crippen molar-refractivity contribution in [1.82, 2.24) is 9.55 Å². The molecular weight excluding hydrogens is 246 g/mol. The Morgan fingerprint density at radius 3 is 2.71 bits per heavy atom. The molecule has 0 aromatic carbocycles. The number of anilines is 1. The standard InChI is InChI=1S/C9H13N3O4S/c10-5-1-2-12(9(16)11-5)8-7(15)6(14)4(3-13)17-8/h1-2,4,6-8,13-15H,3H2,(H2,10,11,16). The van der Waals surface area contributed by atoms with E-state index in [0.29, 0.717) is 0 Å². The Morgan fingerprint density at radius 1 is 1.47 bits per heavy atom. The van der Waals surface area contributed by atoms with Crippen LogP contribution in [0.3, 0.4) is 0 Å². The number of nitrogen functional groups attached to an aromatic ring is 1. The van der Waals surface area contributed by atoms with Gasteiger partial charge in [-0.2, -0.15) is 4.98 Å². The Labute approximate surface area is 101 Å². The molecule has 0 spiro atoms. The first-order valence-electron chi connectivity index (χ1n) is 5.01. The highest BCUT2D eigenvalue weighted by atomic mass is 32.2. The normalized spacial score (nSPS) is 32.9. The lowest BCUT2D eigenvalue weighted by Crippen LogP contribution is -2.36. The van der Waals surface area contributed by atoms with Crippen molar-refractivity contribution < 1.29 is 15.3 Å². The third-order valence-corrected chi connectivity index (χ3v) is 4.21. The van der Waals surface area contributed by atoms with E-state index < -0.39 is 28.5 Å². The molecule has 1 saturated heterocycles. The quantitative estimate of drug-likeness (QED) is 0.492. The number of nitrogens with zero attached hydrogens (tertiary/aromatic N) is 2. The van der Waals surface area contributed by atoms with Crippen molar-refractivity contribution in [2.24, 2.45) is 0 Å². The number of nitrogens with two attached hydrogens (primary N) is 1. The van der Waals surface area contributed by atoms with Gasteiger partial charge in [-0.05, 0) is 6.07 Å². The number of rotatable bonds is 2. The Balaban J connectivity index is 2.32. The molecule has 0 saturated carbocycles. The lowest BCUT2D eigenvalue weighted by Gasteiger charge is -2.17. The van der Waals surface area contributed by atoms with Crippen molar-refractivity contribution in [2.75, 3.05) is 12.3 Å². The second-order valence-electron chi connectivity index (χ2n) is 3.77. The lowest BCUT2D eigenvalue weighted by atomic mass is 10.1. The highest BCUT2D eigenvalue weighted by Gasteiger charge is 2.43. The molecule has 0 radical (unpaired) electrons. The summed E-state index contributed by atoms with van der Waals surface area (Å²) in [4.78, 5) is 15.1. The molecule has 1 aliphatic heterocycles. The van der Waals surface area contributed by atoms with Gasteiger partial charge >= 0.3 is 5.69 Å². The molecule has 94 valence electrons. The summed E-state index contributed by atoms with van der Waals surface area (Å²) < 4.78 is 1.20. The van der Waals surface area contributed by atoms with Gasteiger partial charge in [0.25, 0.3) is 0 Å². The van der Waals surface area contributed by atoms with Gasteiger partial charge in [0.05, 0.1) is 18.0 Å². The van der Waals surface area contributed by atoms with E-state index in [1.165, 1.54) is 16.8 Å². The predicted molar refractivity (Wildman–Crippen MR) is 62.4 cm³/mol. The van der Waals surface area contributed by atoms with Crippen molar-refractivity contribution in [3.8, 4) is 0 Å². The monoisotopic (exact) mass is 259 g/mol. The molecule has 4 atom stereocenters. The number of thioether (sulfide) groups is 1. The van der Waals surface area contributed by atoms with E-state index >= 15 is 0 Å². The van der Waals surface area contributed by atoms with Crippen LogP contribution in [0.2, 0.25) is 0 Å². The minimum absolute atomic E-state index is 0.1000. The predicted octanol–water partition coefficient (Wildman–Crippen LogP) is -1.85. The summed E-state index contributed by atoms with van der Waals surface area (Å²) in [6, 6.07) is 1.44. The van der Waals surface area contributed by atoms with Crippen LogP contribution in [0.25, 0.3) is 0 Å². The molecule has 0 aliphatic carbocycles. The lowest BCUT2D eigenvalue weighted by molar-refractivity contribution is 0.0101. The van der Waals surface area contributed by atoms with Crippen molar-refractivity contribution >= 4 is 17.6 Å². The Hall–Kier alpha value is -1.09. The van der Waals surface area contributed by atoms with Crippen LogP contribution in [-0.2, 0) is 0 Å². The van der Waals surface area contributed by atoms with Gasteiger partial charge < -0.3 is 21.1 Å². The van der Waals surface area contributed by atoms with E-state index in [4.69, 9.17) is 10.8 Å². The van der Waals surface area contributed by atoms with Gasteiger partial charge in [-0.3, -0.25) is 4.57 Å². The highest BCUT2D eigenvalue weighted by molar-refractivity contribution is 8.00. The molecule has 7 nitrogen and oxygen atoms in total. The molecule has 5 N–H and O–H groups in total. The second kappa shape index (κ2) is 4.65. The summed E-state index contributed by atoms with van der Waals surface area (Å²) in [5, 5.41) is 27.3. The zero-order valence-corrected chi connectivity index (χ0v) is 9.62. The number of hydrogen-bond donors (Lipinski definition) is 4. The first kappa shape index (κ1) is 12.4. The summed E-state index contributed by atoms with van der Waals surface area (Å²) in [5.74, 6) is 0.1000. The van der Waals surface area contributed by atoms with Crippen LogP contribution in [0.4, 0.5) is 5.82 Å². The zero-order valence-electron chi connectivity index (χ0n) is 8.80. The van der Waals surface area contributed by atoms with Crippen LogP contribution in [0.1, 0.15) is 5.37 Å². The van der Waals surface area contributed by atoms with Crippen LogP contribution in [0, 0.1) is 0 Å². The SMILES string of the molecule is Nc1ccn(C2SC(CO)C(O)C2O)c(=O)n1. The van der Waals surface area contributed by atoms with Crippen LogP contribution < -0.4 is 11.4 Å². The molecule has 0 amide bonds. The van der Waals surface area contributed by atoms with E-state index in [1.807, 2.05) is 0 Å². The average molecular weight is 259 g/mol. The van der Waals surface area contributed by atoms with Crippen LogP contribution >= 0.6 is 11.8 Å². The summed E-state index contributed by atoms with van der Waals surface area (Å²) in [6.07, 6.45) is -0.780. The van der Waals surface area contributed by atoms with Crippen LogP contribution in [0.15, 0.2) is 17.1 Å². The largest absolute Gasteiger partial charge is 0.395 e. The fourth-order valence-corrected chi connectivity index (χ4v) is 3.11. The maximum Gasteiger partial charge on any atom is 0.350 e. The number of aromatic nitrogens is 2. The average Bonchev–Trinajstić information content (AvgIpc) is 2.57. The van der Waals surface area contributed by atoms with Crippen molar-refractivity contribution in [2.45, 2.75) is 22.8 Å². The molecular formula is C9H13N3O4S. The second-order valence-corrected chi connectivity index (χ2v) is 5.13. The topological polar surface area (TPSA) is 122 Å². The van der Waals surface area contributed by atoms with Crippen LogP contribution in [-0.4, -0.2) is 48.9 Å². The van der Waals surface area contributed by atoms with E-state index in [2.05, 4.69) is 4.98 Å². The van der Waals surface area contributed by atoms with Gasteiger partial charge in [-0.1, -0.05) is 0 Å². The molecule has 1 aromatic rings. The first-order chi connectivity index (χ1) is 8.04. The van der Waals surface area contributed by atoms with E-state index in [0.717, 1.165) is 11.8 Å². The zero-order chi connectivity index (χ0) is 12.6. The van der Waals surface area contributed by atoms with Crippen molar-refractivity contribution in [3.05, 3.63) is 22.7 Å². The maximum atomic E-state index is 11.6. The third-order valence-electron chi connectivity index (χ3n) is 2.64. The third kappa shape index (κ3) is 2.16. The van der Waals surface area contributed by atoms with Crippen molar-refractivity contribution in [1.29, 1.82) is 0 Å². The van der Waals surface area contributed by atoms with Gasteiger partial charge in [-0.25, -0.2) is 4.79 Å². The summed E-state index contributed by atoms with van der Waals surface area (Å²) in [7, 11) is 0. The van der Waals surface area contributed by atoms with E-state index in [1.54, 1.807) is 0 Å².